The summed E-state index contributed by atoms with van der Waals surface area (Å²) < 4.78 is 32.1. The quantitative estimate of drug-likeness (QED) is 0.737. The number of hydrogen-bond acceptors (Lipinski definition) is 4. The van der Waals surface area contributed by atoms with Gasteiger partial charge in [0.15, 0.2) is 5.11 Å². The molecule has 1 aromatic rings. The van der Waals surface area contributed by atoms with Gasteiger partial charge in [-0.15, -0.1) is 0 Å². The second-order valence-electron chi connectivity index (χ2n) is 4.38. The summed E-state index contributed by atoms with van der Waals surface area (Å²) in [5, 5.41) is 6.12. The number of nitrogens with zero attached hydrogens (tertiary/aromatic N) is 1. The Morgan fingerprint density at radius 3 is 2.41 bits per heavy atom. The van der Waals surface area contributed by atoms with Crippen LogP contribution in [0.25, 0.3) is 0 Å². The summed E-state index contributed by atoms with van der Waals surface area (Å²) in [5.74, 6) is 0.554. The van der Waals surface area contributed by atoms with Gasteiger partial charge in [0, 0.05) is 20.1 Å². The Hall–Kier alpha value is -1.38. The third-order valence-electron chi connectivity index (χ3n) is 3.07. The van der Waals surface area contributed by atoms with E-state index in [4.69, 9.17) is 17.0 Å². The number of rotatable bonds is 7. The lowest BCUT2D eigenvalue weighted by Gasteiger charge is -2.20. The lowest BCUT2D eigenvalue weighted by molar-refractivity contribution is 0.341. The van der Waals surface area contributed by atoms with Gasteiger partial charge in [-0.2, -0.15) is 4.31 Å². The van der Waals surface area contributed by atoms with Crippen molar-refractivity contribution in [3.8, 4) is 5.75 Å². The van der Waals surface area contributed by atoms with E-state index in [0.717, 1.165) is 0 Å². The third kappa shape index (κ3) is 4.31. The molecule has 0 saturated heterocycles. The van der Waals surface area contributed by atoms with Crippen molar-refractivity contribution in [1.29, 1.82) is 0 Å². The predicted octanol–water partition coefficient (Wildman–Crippen LogP) is 2.03. The Morgan fingerprint density at radius 1 is 1.27 bits per heavy atom. The first kappa shape index (κ1) is 18.7. The van der Waals surface area contributed by atoms with Crippen LogP contribution in [0.2, 0.25) is 0 Å². The van der Waals surface area contributed by atoms with Crippen molar-refractivity contribution < 1.29 is 13.2 Å². The number of benzene rings is 1. The molecule has 2 N–H and O–H groups in total. The van der Waals surface area contributed by atoms with Gasteiger partial charge in [0.25, 0.3) is 0 Å². The van der Waals surface area contributed by atoms with Crippen LogP contribution in [-0.4, -0.2) is 44.6 Å². The summed E-state index contributed by atoms with van der Waals surface area (Å²) in [6.45, 7) is 6.80. The Balaban J connectivity index is 3.28. The fraction of sp³-hybridized carbons (Fsp3) is 0.500. The zero-order chi connectivity index (χ0) is 16.8. The average Bonchev–Trinajstić information content (AvgIpc) is 2.49. The van der Waals surface area contributed by atoms with Crippen LogP contribution in [0.3, 0.4) is 0 Å². The molecule has 22 heavy (non-hydrogen) atoms. The molecule has 0 amide bonds. The normalized spacial score (nSPS) is 11.3. The van der Waals surface area contributed by atoms with Gasteiger partial charge in [-0.1, -0.05) is 13.8 Å². The first-order valence-electron chi connectivity index (χ1n) is 7.16. The zero-order valence-electron chi connectivity index (χ0n) is 13.3. The zero-order valence-corrected chi connectivity index (χ0v) is 15.0. The van der Waals surface area contributed by atoms with Crippen LogP contribution in [0.1, 0.15) is 20.8 Å². The molecule has 6 nitrogen and oxygen atoms in total. The van der Waals surface area contributed by atoms with E-state index in [-0.39, 0.29) is 4.90 Å². The van der Waals surface area contributed by atoms with Crippen molar-refractivity contribution in [2.24, 2.45) is 0 Å². The highest BCUT2D eigenvalue weighted by atomic mass is 32.2. The SMILES string of the molecule is CCOc1ccc(S(=O)(=O)N(CC)CC)cc1NC(=S)NC. The van der Waals surface area contributed by atoms with Crippen molar-refractivity contribution in [3.05, 3.63) is 18.2 Å². The first-order chi connectivity index (χ1) is 10.4. The van der Waals surface area contributed by atoms with Crippen LogP contribution in [0.5, 0.6) is 5.75 Å². The smallest absolute Gasteiger partial charge is 0.243 e. The monoisotopic (exact) mass is 345 g/mol. The summed E-state index contributed by atoms with van der Waals surface area (Å²) in [7, 11) is -1.84. The van der Waals surface area contributed by atoms with Crippen molar-refractivity contribution >= 4 is 33.0 Å². The molecule has 124 valence electrons. The number of sulfonamides is 1. The molecule has 8 heteroatoms. The van der Waals surface area contributed by atoms with E-state index in [0.29, 0.717) is 36.2 Å². The summed E-state index contributed by atoms with van der Waals surface area (Å²) in [6.07, 6.45) is 0. The maximum atomic E-state index is 12.6. The fourth-order valence-corrected chi connectivity index (χ4v) is 3.54. The van der Waals surface area contributed by atoms with E-state index in [9.17, 15) is 8.42 Å². The standard InChI is InChI=1S/C14H23N3O3S2/c1-5-17(6-2)22(18,19)11-8-9-13(20-7-3)12(10-11)16-14(21)15-4/h8-10H,5-7H2,1-4H3,(H2,15,16,21). The molecule has 0 radical (unpaired) electrons. The molecule has 0 saturated carbocycles. The largest absolute Gasteiger partial charge is 0.492 e. The molecule has 0 atom stereocenters. The van der Waals surface area contributed by atoms with Crippen molar-refractivity contribution in [1.82, 2.24) is 9.62 Å². The molecule has 1 aromatic carbocycles. The number of nitrogens with one attached hydrogen (secondary N) is 2. The van der Waals surface area contributed by atoms with Gasteiger partial charge in [-0.3, -0.25) is 0 Å². The Labute approximate surface area is 137 Å². The van der Waals surface area contributed by atoms with Gasteiger partial charge in [0.2, 0.25) is 10.0 Å². The first-order valence-corrected chi connectivity index (χ1v) is 9.01. The Kier molecular flexibility index (Phi) is 7.05. The molecule has 0 heterocycles. The molecule has 0 aliphatic carbocycles. The van der Waals surface area contributed by atoms with Crippen molar-refractivity contribution in [2.75, 3.05) is 32.1 Å². The molecule has 0 aliphatic rings. The third-order valence-corrected chi connectivity index (χ3v) is 5.42. The van der Waals surface area contributed by atoms with E-state index >= 15 is 0 Å². The molecule has 0 unspecified atom stereocenters. The summed E-state index contributed by atoms with van der Waals surface area (Å²) in [6, 6.07) is 4.73. The maximum absolute atomic E-state index is 12.6. The molecule has 0 aromatic heterocycles. The predicted molar refractivity (Wildman–Crippen MR) is 93.0 cm³/mol. The second-order valence-corrected chi connectivity index (χ2v) is 6.73. The van der Waals surface area contributed by atoms with E-state index in [2.05, 4.69) is 10.6 Å². The van der Waals surface area contributed by atoms with E-state index in [1.807, 2.05) is 20.8 Å². The fourth-order valence-electron chi connectivity index (χ4n) is 1.95. The van der Waals surface area contributed by atoms with E-state index in [1.54, 1.807) is 25.2 Å². The minimum atomic E-state index is -3.52. The second kappa shape index (κ2) is 8.30. The molecule has 1 rings (SSSR count). The molecule has 0 spiro atoms. The molecule has 0 bridgehead atoms. The average molecular weight is 345 g/mol. The van der Waals surface area contributed by atoms with Crippen molar-refractivity contribution in [2.45, 2.75) is 25.7 Å². The van der Waals surface area contributed by atoms with E-state index in [1.165, 1.54) is 4.31 Å². The highest BCUT2D eigenvalue weighted by molar-refractivity contribution is 7.89. The number of ether oxygens (including phenoxy) is 1. The molecular formula is C14H23N3O3S2. The van der Waals surface area contributed by atoms with Crippen LogP contribution < -0.4 is 15.4 Å². The van der Waals surface area contributed by atoms with Gasteiger partial charge >= 0.3 is 0 Å². The van der Waals surface area contributed by atoms with Crippen LogP contribution in [0, 0.1) is 0 Å². The molecule has 0 fully saturated rings. The molecule has 0 aliphatic heterocycles. The summed E-state index contributed by atoms with van der Waals surface area (Å²) in [4.78, 5) is 0.209. The molecular weight excluding hydrogens is 322 g/mol. The maximum Gasteiger partial charge on any atom is 0.243 e. The number of thiocarbonyl (C=S) groups is 1. The van der Waals surface area contributed by atoms with Crippen LogP contribution in [0.15, 0.2) is 23.1 Å². The van der Waals surface area contributed by atoms with Gasteiger partial charge in [-0.05, 0) is 37.3 Å². The van der Waals surface area contributed by atoms with Gasteiger partial charge in [-0.25, -0.2) is 8.42 Å². The summed E-state index contributed by atoms with van der Waals surface area (Å²) >= 11 is 5.08. The van der Waals surface area contributed by atoms with Gasteiger partial charge < -0.3 is 15.4 Å². The Morgan fingerprint density at radius 2 is 1.91 bits per heavy atom. The van der Waals surface area contributed by atoms with Crippen molar-refractivity contribution in [3.63, 3.8) is 0 Å². The lowest BCUT2D eigenvalue weighted by Crippen LogP contribution is -2.31. The Bertz CT molecular complexity index is 614. The van der Waals surface area contributed by atoms with E-state index < -0.39 is 10.0 Å². The van der Waals surface area contributed by atoms with Gasteiger partial charge in [0.05, 0.1) is 17.2 Å². The number of hydrogen-bond donors (Lipinski definition) is 2. The minimum absolute atomic E-state index is 0.209. The highest BCUT2D eigenvalue weighted by Gasteiger charge is 2.23. The van der Waals surface area contributed by atoms with Gasteiger partial charge in [0.1, 0.15) is 5.75 Å². The lowest BCUT2D eigenvalue weighted by atomic mass is 10.3. The topological polar surface area (TPSA) is 70.7 Å². The van der Waals surface area contributed by atoms with Crippen LogP contribution in [0.4, 0.5) is 5.69 Å². The summed E-state index contributed by atoms with van der Waals surface area (Å²) in [5.41, 5.74) is 0.523. The number of anilines is 1. The van der Waals surface area contributed by atoms with Crippen LogP contribution >= 0.6 is 12.2 Å². The minimum Gasteiger partial charge on any atom is -0.492 e. The van der Waals surface area contributed by atoms with Crippen LogP contribution in [-0.2, 0) is 10.0 Å². The highest BCUT2D eigenvalue weighted by Crippen LogP contribution is 2.29.